The van der Waals surface area contributed by atoms with Gasteiger partial charge in [-0.25, -0.2) is 0 Å². The zero-order valence-corrected chi connectivity index (χ0v) is 6.63. The SMILES string of the molecule is O=S(=O)(O)C=C=CS(=O)(=O)O. The molecular weight excluding hydrogens is 196 g/mol. The van der Waals surface area contributed by atoms with Crippen LogP contribution in [0.25, 0.3) is 0 Å². The normalized spacial score (nSPS) is 11.8. The van der Waals surface area contributed by atoms with Crippen molar-refractivity contribution in [3.05, 3.63) is 16.5 Å². The summed E-state index contributed by atoms with van der Waals surface area (Å²) in [5, 5.41) is 0.196. The first-order valence-corrected chi connectivity index (χ1v) is 5.09. The van der Waals surface area contributed by atoms with Crippen molar-refractivity contribution in [2.75, 3.05) is 0 Å². The van der Waals surface area contributed by atoms with E-state index in [0.717, 1.165) is 0 Å². The summed E-state index contributed by atoms with van der Waals surface area (Å²) in [4.78, 5) is 0. The minimum atomic E-state index is -4.39. The van der Waals surface area contributed by atoms with Crippen LogP contribution in [0.2, 0.25) is 0 Å². The number of hydrogen-bond donors (Lipinski definition) is 2. The zero-order valence-electron chi connectivity index (χ0n) is 5.00. The molecule has 0 aliphatic rings. The van der Waals surface area contributed by atoms with Gasteiger partial charge in [-0.1, -0.05) is 5.73 Å². The van der Waals surface area contributed by atoms with Crippen molar-refractivity contribution in [2.24, 2.45) is 0 Å². The van der Waals surface area contributed by atoms with Crippen LogP contribution in [0.3, 0.4) is 0 Å². The lowest BCUT2D eigenvalue weighted by Gasteiger charge is -1.78. The minimum absolute atomic E-state index is 0.0980. The smallest absolute Gasteiger partial charge is 0.282 e. The Morgan fingerprint density at radius 1 is 0.909 bits per heavy atom. The van der Waals surface area contributed by atoms with Gasteiger partial charge in [0.1, 0.15) is 10.8 Å². The zero-order chi connectivity index (χ0) is 9.12. The highest BCUT2D eigenvalue weighted by Crippen LogP contribution is 1.85. The molecule has 0 spiro atoms. The summed E-state index contributed by atoms with van der Waals surface area (Å²) >= 11 is 0. The van der Waals surface area contributed by atoms with Gasteiger partial charge in [0.15, 0.2) is 0 Å². The molecule has 11 heavy (non-hydrogen) atoms. The third-order valence-corrected chi connectivity index (χ3v) is 1.30. The van der Waals surface area contributed by atoms with Gasteiger partial charge in [-0.3, -0.25) is 9.11 Å². The molecular formula is C3H4O6S2. The molecule has 0 rings (SSSR count). The summed E-state index contributed by atoms with van der Waals surface area (Å²) < 4.78 is 55.4. The second-order valence-corrected chi connectivity index (χ2v) is 3.96. The van der Waals surface area contributed by atoms with Crippen LogP contribution in [-0.4, -0.2) is 25.9 Å². The van der Waals surface area contributed by atoms with Crippen LogP contribution in [0.15, 0.2) is 16.5 Å². The summed E-state index contributed by atoms with van der Waals surface area (Å²) in [6, 6.07) is 0. The monoisotopic (exact) mass is 200 g/mol. The van der Waals surface area contributed by atoms with Crippen molar-refractivity contribution < 1.29 is 25.9 Å². The molecule has 0 amide bonds. The molecule has 0 aliphatic heterocycles. The number of rotatable bonds is 2. The first-order chi connectivity index (χ1) is 4.71. The quantitative estimate of drug-likeness (QED) is 0.454. The molecule has 0 bridgehead atoms. The second kappa shape index (κ2) is 3.16. The summed E-state index contributed by atoms with van der Waals surface area (Å²) in [5.74, 6) is 0. The summed E-state index contributed by atoms with van der Waals surface area (Å²) in [5.41, 5.74) is 1.54. The van der Waals surface area contributed by atoms with Crippen molar-refractivity contribution in [1.82, 2.24) is 0 Å². The first kappa shape index (κ1) is 10.3. The average molecular weight is 200 g/mol. The molecule has 0 fully saturated rings. The highest BCUT2D eigenvalue weighted by atomic mass is 32.2. The largest absolute Gasteiger partial charge is 0.295 e. The molecule has 8 heteroatoms. The van der Waals surface area contributed by atoms with E-state index in [4.69, 9.17) is 9.11 Å². The van der Waals surface area contributed by atoms with Crippen molar-refractivity contribution in [3.8, 4) is 0 Å². The second-order valence-electron chi connectivity index (χ2n) is 1.43. The van der Waals surface area contributed by atoms with Gasteiger partial charge in [0.25, 0.3) is 20.2 Å². The molecule has 0 saturated carbocycles. The van der Waals surface area contributed by atoms with Crippen LogP contribution in [0.4, 0.5) is 0 Å². The molecule has 0 unspecified atom stereocenters. The lowest BCUT2D eigenvalue weighted by molar-refractivity contribution is 0.493. The van der Waals surface area contributed by atoms with Crippen LogP contribution in [0.5, 0.6) is 0 Å². The Morgan fingerprint density at radius 2 is 1.18 bits per heavy atom. The van der Waals surface area contributed by atoms with Crippen LogP contribution in [-0.2, 0) is 20.2 Å². The highest BCUT2D eigenvalue weighted by Gasteiger charge is 1.95. The van der Waals surface area contributed by atoms with Crippen LogP contribution >= 0.6 is 0 Å². The predicted octanol–water partition coefficient (Wildman–Crippen LogP) is -0.612. The molecule has 0 aliphatic carbocycles. The Labute approximate surface area is 63.3 Å². The average Bonchev–Trinajstić information content (AvgIpc) is 1.55. The summed E-state index contributed by atoms with van der Waals surface area (Å²) in [6.07, 6.45) is 0. The fourth-order valence-electron chi connectivity index (χ4n) is 0.200. The predicted molar refractivity (Wildman–Crippen MR) is 35.8 cm³/mol. The maximum Gasteiger partial charge on any atom is 0.295 e. The third-order valence-electron chi connectivity index (χ3n) is 0.434. The van der Waals surface area contributed by atoms with E-state index in [9.17, 15) is 16.8 Å². The van der Waals surface area contributed by atoms with E-state index in [2.05, 4.69) is 0 Å². The van der Waals surface area contributed by atoms with Gasteiger partial charge in [0.2, 0.25) is 0 Å². The highest BCUT2D eigenvalue weighted by molar-refractivity contribution is 7.89. The van der Waals surface area contributed by atoms with Gasteiger partial charge in [-0.05, 0) is 0 Å². The molecule has 2 N–H and O–H groups in total. The van der Waals surface area contributed by atoms with Gasteiger partial charge in [-0.15, -0.1) is 0 Å². The topological polar surface area (TPSA) is 109 Å². The molecule has 6 nitrogen and oxygen atoms in total. The van der Waals surface area contributed by atoms with Gasteiger partial charge < -0.3 is 0 Å². The molecule has 0 aromatic heterocycles. The van der Waals surface area contributed by atoms with Gasteiger partial charge in [0.05, 0.1) is 0 Å². The fraction of sp³-hybridized carbons (Fsp3) is 0. The molecule has 64 valence electrons. The maximum absolute atomic E-state index is 9.86. The van der Waals surface area contributed by atoms with E-state index in [0.29, 0.717) is 0 Å². The van der Waals surface area contributed by atoms with Crippen molar-refractivity contribution >= 4 is 20.2 Å². The van der Waals surface area contributed by atoms with E-state index >= 15 is 0 Å². The van der Waals surface area contributed by atoms with Gasteiger partial charge >= 0.3 is 0 Å². The van der Waals surface area contributed by atoms with Crippen LogP contribution in [0.1, 0.15) is 0 Å². The Hall–Kier alpha value is -0.660. The molecule has 0 saturated heterocycles. The summed E-state index contributed by atoms with van der Waals surface area (Å²) in [7, 11) is -8.78. The minimum Gasteiger partial charge on any atom is -0.282 e. The van der Waals surface area contributed by atoms with Crippen molar-refractivity contribution in [2.45, 2.75) is 0 Å². The maximum atomic E-state index is 9.86. The van der Waals surface area contributed by atoms with E-state index in [-0.39, 0.29) is 10.8 Å². The Morgan fingerprint density at radius 3 is 1.36 bits per heavy atom. The Bertz CT molecular complexity index is 342. The first-order valence-electron chi connectivity index (χ1n) is 2.08. The van der Waals surface area contributed by atoms with Gasteiger partial charge in [0, 0.05) is 0 Å². The lowest BCUT2D eigenvalue weighted by Crippen LogP contribution is -1.90. The van der Waals surface area contributed by atoms with Crippen LogP contribution < -0.4 is 0 Å². The van der Waals surface area contributed by atoms with Crippen molar-refractivity contribution in [3.63, 3.8) is 0 Å². The van der Waals surface area contributed by atoms with E-state index in [1.54, 1.807) is 0 Å². The lowest BCUT2D eigenvalue weighted by atomic mass is 11.0. The van der Waals surface area contributed by atoms with Gasteiger partial charge in [-0.2, -0.15) is 16.8 Å². The molecule has 0 atom stereocenters. The standard InChI is InChI=1S/C3H4O6S2/c4-10(5,6)2-1-3-11(7,8)9/h2-3H,(H,4,5,6)(H,7,8,9). The molecule has 0 radical (unpaired) electrons. The molecule has 0 aromatic rings. The molecule has 0 aromatic carbocycles. The molecule has 0 heterocycles. The third kappa shape index (κ3) is 9.34. The van der Waals surface area contributed by atoms with E-state index in [1.165, 1.54) is 5.73 Å². The summed E-state index contributed by atoms with van der Waals surface area (Å²) in [6.45, 7) is 0. The fourth-order valence-corrected chi connectivity index (χ4v) is 0.766. The van der Waals surface area contributed by atoms with Crippen molar-refractivity contribution in [1.29, 1.82) is 0 Å². The number of hydrogen-bond acceptors (Lipinski definition) is 4. The Kier molecular flexibility index (Phi) is 2.97. The Balaban J connectivity index is 4.80. The van der Waals surface area contributed by atoms with Crippen LogP contribution in [0, 0.1) is 0 Å². The van der Waals surface area contributed by atoms with E-state index < -0.39 is 20.2 Å². The van der Waals surface area contributed by atoms with E-state index in [1.807, 2.05) is 0 Å².